The Morgan fingerprint density at radius 3 is 2.20 bits per heavy atom. The van der Waals surface area contributed by atoms with Gasteiger partial charge in [-0.2, -0.15) is 5.26 Å². The van der Waals surface area contributed by atoms with Crippen LogP contribution in [0.15, 0.2) is 66.7 Å². The molecule has 3 N–H and O–H groups in total. The largest absolute Gasteiger partial charge is 0.490 e. The quantitative estimate of drug-likeness (QED) is 0.215. The third-order valence-electron chi connectivity index (χ3n) is 11.7. The van der Waals surface area contributed by atoms with E-state index in [4.69, 9.17) is 21.6 Å². The number of amides is 4. The van der Waals surface area contributed by atoms with E-state index in [-0.39, 0.29) is 36.3 Å². The van der Waals surface area contributed by atoms with Gasteiger partial charge in [0.15, 0.2) is 0 Å². The predicted octanol–water partition coefficient (Wildman–Crippen LogP) is 5.96. The molecule has 3 aromatic carbocycles. The molecule has 0 aromatic heterocycles. The fourth-order valence-electron chi connectivity index (χ4n) is 8.51. The van der Waals surface area contributed by atoms with Crippen molar-refractivity contribution in [1.29, 1.82) is 5.26 Å². The predicted molar refractivity (Wildman–Crippen MR) is 210 cm³/mol. The molecule has 3 aromatic rings. The Bertz CT molecular complexity index is 1900. The number of hydrogen-bond acceptors (Lipinski definition) is 8. The van der Waals surface area contributed by atoms with Crippen molar-refractivity contribution in [3.05, 3.63) is 94.0 Å². The molecule has 7 rings (SSSR count). The lowest BCUT2D eigenvalue weighted by molar-refractivity contribution is -0.134. The number of ether oxygens (including phenoxy) is 1. The van der Waals surface area contributed by atoms with Crippen LogP contribution in [0, 0.1) is 17.2 Å². The van der Waals surface area contributed by atoms with Crippen LogP contribution < -0.4 is 25.6 Å². The van der Waals surface area contributed by atoms with E-state index in [9.17, 15) is 19.2 Å². The number of carbonyl (C=O) groups is 4. The highest BCUT2D eigenvalue weighted by molar-refractivity contribution is 6.31. The van der Waals surface area contributed by atoms with Gasteiger partial charge in [-0.05, 0) is 137 Å². The molecule has 0 bridgehead atoms. The smallest absolute Gasteiger partial charge is 0.251 e. The van der Waals surface area contributed by atoms with Gasteiger partial charge in [-0.1, -0.05) is 23.7 Å². The van der Waals surface area contributed by atoms with Crippen LogP contribution in [-0.2, 0) is 9.59 Å². The third-order valence-corrected chi connectivity index (χ3v) is 12.0. The average molecular weight is 765 g/mol. The SMILES string of the molecule is N#Cc1ccc(OC2CCC(NC(=O)c3ccc(C4CCN(CC5CCCN(c6ccc(C(=O)NC7CCC(=O)NC7=O)cc6)C5)CC4)cc3)CC2)cc1Cl. The average Bonchev–Trinajstić information content (AvgIpc) is 3.20. The van der Waals surface area contributed by atoms with Crippen molar-refractivity contribution in [2.45, 2.75) is 88.3 Å². The zero-order valence-electron chi connectivity index (χ0n) is 31.1. The zero-order valence-corrected chi connectivity index (χ0v) is 31.9. The van der Waals surface area contributed by atoms with Crippen molar-refractivity contribution in [2.75, 3.05) is 37.6 Å². The normalized spacial score (nSPS) is 23.7. The molecule has 0 spiro atoms. The van der Waals surface area contributed by atoms with Crippen molar-refractivity contribution in [3.63, 3.8) is 0 Å². The molecule has 11 nitrogen and oxygen atoms in total. The fourth-order valence-corrected chi connectivity index (χ4v) is 8.72. The Morgan fingerprint density at radius 1 is 0.836 bits per heavy atom. The van der Waals surface area contributed by atoms with Crippen molar-refractivity contribution < 1.29 is 23.9 Å². The number of nitrogens with one attached hydrogen (secondary N) is 3. The zero-order chi connectivity index (χ0) is 38.3. The number of benzene rings is 3. The molecular formula is C43H49ClN6O5. The molecule has 2 atom stereocenters. The Labute approximate surface area is 327 Å². The van der Waals surface area contributed by atoms with Gasteiger partial charge in [0.05, 0.1) is 16.7 Å². The maximum atomic E-state index is 13.1. The Hall–Kier alpha value is -4.92. The van der Waals surface area contributed by atoms with Crippen LogP contribution in [-0.4, -0.2) is 79.4 Å². The molecule has 3 saturated heterocycles. The summed E-state index contributed by atoms with van der Waals surface area (Å²) in [5.41, 5.74) is 4.02. The second kappa shape index (κ2) is 17.7. The van der Waals surface area contributed by atoms with Crippen LogP contribution in [0.3, 0.4) is 0 Å². The number of carbonyl (C=O) groups excluding carboxylic acids is 4. The van der Waals surface area contributed by atoms with E-state index in [0.29, 0.717) is 45.7 Å². The molecule has 4 amide bonds. The monoisotopic (exact) mass is 764 g/mol. The minimum atomic E-state index is -0.689. The highest BCUT2D eigenvalue weighted by Gasteiger charge is 2.30. The Kier molecular flexibility index (Phi) is 12.3. The molecule has 55 heavy (non-hydrogen) atoms. The number of imide groups is 1. The summed E-state index contributed by atoms with van der Waals surface area (Å²) in [6.07, 6.45) is 8.50. The van der Waals surface area contributed by atoms with Gasteiger partial charge in [0, 0.05) is 55.0 Å². The number of rotatable bonds is 10. The second-order valence-corrected chi connectivity index (χ2v) is 15.9. The van der Waals surface area contributed by atoms with Crippen molar-refractivity contribution in [2.24, 2.45) is 5.92 Å². The van der Waals surface area contributed by atoms with Crippen LogP contribution in [0.2, 0.25) is 5.02 Å². The molecule has 288 valence electrons. The van der Waals surface area contributed by atoms with Gasteiger partial charge in [-0.25, -0.2) is 0 Å². The second-order valence-electron chi connectivity index (χ2n) is 15.5. The number of piperidine rings is 3. The summed E-state index contributed by atoms with van der Waals surface area (Å²) in [5.74, 6) is 0.630. The van der Waals surface area contributed by atoms with Gasteiger partial charge in [-0.3, -0.25) is 24.5 Å². The number of anilines is 1. The summed E-state index contributed by atoms with van der Waals surface area (Å²) in [5, 5.41) is 17.7. The maximum absolute atomic E-state index is 13.1. The molecule has 3 heterocycles. The Morgan fingerprint density at radius 2 is 1.53 bits per heavy atom. The van der Waals surface area contributed by atoms with Crippen LogP contribution in [0.4, 0.5) is 5.69 Å². The number of likely N-dealkylation sites (tertiary alicyclic amines) is 1. The first kappa shape index (κ1) is 38.4. The molecule has 1 aliphatic carbocycles. The van der Waals surface area contributed by atoms with Crippen LogP contribution in [0.1, 0.15) is 102 Å². The first-order valence-corrected chi connectivity index (χ1v) is 20.1. The first-order valence-electron chi connectivity index (χ1n) is 19.7. The lowest BCUT2D eigenvalue weighted by Gasteiger charge is -2.39. The summed E-state index contributed by atoms with van der Waals surface area (Å²) in [7, 11) is 0. The lowest BCUT2D eigenvalue weighted by atomic mass is 9.88. The van der Waals surface area contributed by atoms with Crippen LogP contribution in [0.5, 0.6) is 5.75 Å². The van der Waals surface area contributed by atoms with E-state index < -0.39 is 11.9 Å². The number of nitriles is 1. The standard InChI is InChI=1S/C43H49ClN6O5/c44-38-24-37(14-9-33(38)25-45)55-36-15-10-34(11-16-36)46-41(52)31-5-3-29(4-6-31)30-19-22-49(23-20-30)26-28-2-1-21-50(27-28)35-12-7-32(8-13-35)42(53)47-39-17-18-40(51)48-43(39)54/h3-9,12-14,24,28,30,34,36,39H,1-2,10-11,15-23,26-27H2,(H,46,52)(H,47,53)(H,48,51,54). The molecule has 0 radical (unpaired) electrons. The third kappa shape index (κ3) is 9.85. The van der Waals surface area contributed by atoms with Gasteiger partial charge in [0.25, 0.3) is 11.8 Å². The van der Waals surface area contributed by atoms with E-state index in [1.54, 1.807) is 18.2 Å². The summed E-state index contributed by atoms with van der Waals surface area (Å²) in [6.45, 7) is 5.17. The number of hydrogen-bond donors (Lipinski definition) is 3. The van der Waals surface area contributed by atoms with E-state index >= 15 is 0 Å². The van der Waals surface area contributed by atoms with Gasteiger partial charge >= 0.3 is 0 Å². The van der Waals surface area contributed by atoms with E-state index in [2.05, 4.69) is 44.0 Å². The minimum Gasteiger partial charge on any atom is -0.490 e. The van der Waals surface area contributed by atoms with Gasteiger partial charge in [-0.15, -0.1) is 0 Å². The van der Waals surface area contributed by atoms with E-state index in [1.807, 2.05) is 36.4 Å². The fraction of sp³-hybridized carbons (Fsp3) is 0.465. The van der Waals surface area contributed by atoms with Crippen molar-refractivity contribution in [1.82, 2.24) is 20.9 Å². The van der Waals surface area contributed by atoms with Gasteiger partial charge < -0.3 is 25.2 Å². The topological polar surface area (TPSA) is 144 Å². The van der Waals surface area contributed by atoms with E-state index in [1.165, 1.54) is 12.0 Å². The highest BCUT2D eigenvalue weighted by atomic mass is 35.5. The Balaban J connectivity index is 0.816. The van der Waals surface area contributed by atoms with Crippen LogP contribution >= 0.6 is 11.6 Å². The number of nitrogens with zero attached hydrogens (tertiary/aromatic N) is 3. The highest BCUT2D eigenvalue weighted by Crippen LogP contribution is 2.31. The summed E-state index contributed by atoms with van der Waals surface area (Å²) >= 11 is 6.16. The van der Waals surface area contributed by atoms with Gasteiger partial charge in [0.1, 0.15) is 17.9 Å². The van der Waals surface area contributed by atoms with E-state index in [0.717, 1.165) is 83.4 Å². The van der Waals surface area contributed by atoms with Crippen molar-refractivity contribution in [3.8, 4) is 11.8 Å². The molecule has 3 aliphatic heterocycles. The maximum Gasteiger partial charge on any atom is 0.251 e. The van der Waals surface area contributed by atoms with Crippen LogP contribution in [0.25, 0.3) is 0 Å². The molecule has 1 saturated carbocycles. The van der Waals surface area contributed by atoms with Gasteiger partial charge in [0.2, 0.25) is 11.8 Å². The molecule has 2 unspecified atom stereocenters. The first-order chi connectivity index (χ1) is 26.7. The lowest BCUT2D eigenvalue weighted by Crippen LogP contribution is -2.52. The summed E-state index contributed by atoms with van der Waals surface area (Å²) in [4.78, 5) is 54.4. The minimum absolute atomic E-state index is 0.0302. The number of halogens is 1. The summed E-state index contributed by atoms with van der Waals surface area (Å²) < 4.78 is 6.10. The molecule has 4 fully saturated rings. The van der Waals surface area contributed by atoms with Crippen molar-refractivity contribution >= 4 is 40.9 Å². The summed E-state index contributed by atoms with van der Waals surface area (Å²) in [6, 6.07) is 22.4. The molecule has 12 heteroatoms. The molecular weight excluding hydrogens is 716 g/mol. The molecule has 4 aliphatic rings.